The van der Waals surface area contributed by atoms with Gasteiger partial charge >= 0.3 is 0 Å². The molecule has 0 saturated carbocycles. The lowest BCUT2D eigenvalue weighted by Crippen LogP contribution is -2.51. The van der Waals surface area contributed by atoms with Gasteiger partial charge in [-0.2, -0.15) is 4.31 Å². The van der Waals surface area contributed by atoms with Gasteiger partial charge in [0.05, 0.1) is 17.1 Å². The zero-order chi connectivity index (χ0) is 16.4. The van der Waals surface area contributed by atoms with Crippen LogP contribution in [0.5, 0.6) is 0 Å². The van der Waals surface area contributed by atoms with Crippen molar-refractivity contribution in [1.82, 2.24) is 9.62 Å². The second-order valence-corrected chi connectivity index (χ2v) is 7.65. The van der Waals surface area contributed by atoms with Crippen LogP contribution in [0.2, 0.25) is 0 Å². The number of benzene rings is 1. The summed E-state index contributed by atoms with van der Waals surface area (Å²) < 4.78 is 32.5. The Labute approximate surface area is 134 Å². The highest BCUT2D eigenvalue weighted by Gasteiger charge is 2.35. The smallest absolute Gasteiger partial charge is 0.289 e. The molecule has 2 aliphatic heterocycles. The number of nitro benzene ring substituents is 1. The number of rotatable bonds is 5. The van der Waals surface area contributed by atoms with Gasteiger partial charge in [-0.1, -0.05) is 12.1 Å². The van der Waals surface area contributed by atoms with E-state index in [0.717, 1.165) is 13.1 Å². The number of nitrogens with zero attached hydrogens (tertiary/aromatic N) is 2. The Morgan fingerprint density at radius 2 is 1.83 bits per heavy atom. The van der Waals surface area contributed by atoms with Crippen LogP contribution in [0, 0.1) is 10.1 Å². The Kier molecular flexibility index (Phi) is 4.62. The molecule has 8 nitrogen and oxygen atoms in total. The van der Waals surface area contributed by atoms with Crippen molar-refractivity contribution in [3.63, 3.8) is 0 Å². The van der Waals surface area contributed by atoms with Crippen LogP contribution in [-0.2, 0) is 14.8 Å². The van der Waals surface area contributed by atoms with E-state index in [0.29, 0.717) is 25.9 Å². The fraction of sp³-hybridized carbons (Fsp3) is 0.571. The van der Waals surface area contributed by atoms with E-state index in [4.69, 9.17) is 4.74 Å². The second kappa shape index (κ2) is 6.52. The molecule has 1 aromatic carbocycles. The van der Waals surface area contributed by atoms with Crippen LogP contribution in [0.4, 0.5) is 5.69 Å². The highest BCUT2D eigenvalue weighted by atomic mass is 32.2. The van der Waals surface area contributed by atoms with E-state index in [1.807, 2.05) is 0 Å². The molecule has 126 valence electrons. The van der Waals surface area contributed by atoms with Crippen molar-refractivity contribution in [2.75, 3.05) is 26.2 Å². The van der Waals surface area contributed by atoms with Crippen molar-refractivity contribution in [2.24, 2.45) is 0 Å². The molecule has 0 radical (unpaired) electrons. The number of nitrogens with one attached hydrogen (secondary N) is 1. The van der Waals surface area contributed by atoms with Crippen molar-refractivity contribution in [3.8, 4) is 0 Å². The molecule has 9 heteroatoms. The Morgan fingerprint density at radius 1 is 1.17 bits per heavy atom. The molecule has 1 N–H and O–H groups in total. The molecule has 3 rings (SSSR count). The summed E-state index contributed by atoms with van der Waals surface area (Å²) in [5.74, 6) is 0. The second-order valence-electron chi connectivity index (χ2n) is 5.74. The van der Waals surface area contributed by atoms with Gasteiger partial charge in [0, 0.05) is 32.2 Å². The maximum Gasteiger partial charge on any atom is 0.289 e. The van der Waals surface area contributed by atoms with Gasteiger partial charge in [-0.3, -0.25) is 10.1 Å². The Balaban J connectivity index is 1.70. The predicted molar refractivity (Wildman–Crippen MR) is 82.6 cm³/mol. The van der Waals surface area contributed by atoms with Gasteiger partial charge in [0.15, 0.2) is 4.90 Å². The summed E-state index contributed by atoms with van der Waals surface area (Å²) in [7, 11) is -3.86. The van der Waals surface area contributed by atoms with Crippen LogP contribution < -0.4 is 5.32 Å². The molecule has 0 aliphatic carbocycles. The molecule has 0 amide bonds. The van der Waals surface area contributed by atoms with Crippen LogP contribution in [-0.4, -0.2) is 56.0 Å². The average Bonchev–Trinajstić information content (AvgIpc) is 2.51. The summed E-state index contributed by atoms with van der Waals surface area (Å²) >= 11 is 0. The lowest BCUT2D eigenvalue weighted by molar-refractivity contribution is -0.387. The first-order valence-corrected chi connectivity index (χ1v) is 9.02. The van der Waals surface area contributed by atoms with E-state index in [2.05, 4.69) is 5.32 Å². The van der Waals surface area contributed by atoms with Gasteiger partial charge in [0.2, 0.25) is 10.0 Å². The quantitative estimate of drug-likeness (QED) is 0.626. The van der Waals surface area contributed by atoms with Crippen molar-refractivity contribution in [3.05, 3.63) is 34.4 Å². The average molecular weight is 341 g/mol. The minimum Gasteiger partial charge on any atom is -0.372 e. The maximum atomic E-state index is 12.7. The third-order valence-electron chi connectivity index (χ3n) is 4.21. The molecule has 0 spiro atoms. The van der Waals surface area contributed by atoms with Gasteiger partial charge in [0.25, 0.3) is 5.69 Å². The fourth-order valence-corrected chi connectivity index (χ4v) is 4.43. The molecule has 2 saturated heterocycles. The number of hydrogen-bond donors (Lipinski definition) is 1. The van der Waals surface area contributed by atoms with Crippen LogP contribution >= 0.6 is 0 Å². The first-order valence-electron chi connectivity index (χ1n) is 7.58. The monoisotopic (exact) mass is 341 g/mol. The van der Waals surface area contributed by atoms with E-state index >= 15 is 0 Å². The Bertz CT molecular complexity index is 681. The number of sulfonamides is 1. The number of piperidine rings is 1. The van der Waals surface area contributed by atoms with Crippen molar-refractivity contribution >= 4 is 15.7 Å². The third kappa shape index (κ3) is 3.37. The summed E-state index contributed by atoms with van der Waals surface area (Å²) in [6.07, 6.45) is 1.49. The van der Waals surface area contributed by atoms with Gasteiger partial charge in [-0.05, 0) is 18.9 Å². The molecule has 2 aliphatic rings. The zero-order valence-electron chi connectivity index (χ0n) is 12.6. The molecule has 2 heterocycles. The van der Waals surface area contributed by atoms with Gasteiger partial charge in [-0.15, -0.1) is 0 Å². The van der Waals surface area contributed by atoms with E-state index in [9.17, 15) is 18.5 Å². The minimum absolute atomic E-state index is 0.0549. The molecule has 0 bridgehead atoms. The first-order chi connectivity index (χ1) is 11.0. The number of para-hydroxylation sites is 1. The molecular weight excluding hydrogens is 322 g/mol. The molecular formula is C14H19N3O5S. The normalized spacial score (nSPS) is 21.0. The van der Waals surface area contributed by atoms with E-state index in [-0.39, 0.29) is 22.8 Å². The fourth-order valence-electron chi connectivity index (χ4n) is 2.80. The Morgan fingerprint density at radius 3 is 2.39 bits per heavy atom. The first kappa shape index (κ1) is 16.3. The van der Waals surface area contributed by atoms with Gasteiger partial charge < -0.3 is 10.1 Å². The maximum absolute atomic E-state index is 12.7. The predicted octanol–water partition coefficient (Wildman–Crippen LogP) is 0.736. The largest absolute Gasteiger partial charge is 0.372 e. The van der Waals surface area contributed by atoms with Crippen LogP contribution in [0.15, 0.2) is 29.2 Å². The molecule has 23 heavy (non-hydrogen) atoms. The lowest BCUT2D eigenvalue weighted by Gasteiger charge is -2.36. The molecule has 0 unspecified atom stereocenters. The van der Waals surface area contributed by atoms with E-state index in [1.54, 1.807) is 0 Å². The minimum atomic E-state index is -3.86. The standard InChI is InChI=1S/C14H19N3O5S/c18-17(19)13-3-1-2-4-14(13)23(20,21)16-7-5-11(6-8-16)22-12-9-15-10-12/h1-4,11-12,15H,5-10H2. The molecule has 1 aromatic rings. The van der Waals surface area contributed by atoms with E-state index in [1.165, 1.54) is 28.6 Å². The van der Waals surface area contributed by atoms with Crippen LogP contribution in [0.3, 0.4) is 0 Å². The molecule has 0 atom stereocenters. The van der Waals surface area contributed by atoms with Crippen LogP contribution in [0.1, 0.15) is 12.8 Å². The summed E-state index contributed by atoms with van der Waals surface area (Å²) in [6.45, 7) is 2.32. The summed E-state index contributed by atoms with van der Waals surface area (Å²) in [5.41, 5.74) is -0.383. The molecule has 2 fully saturated rings. The summed E-state index contributed by atoms with van der Waals surface area (Å²) in [4.78, 5) is 10.2. The van der Waals surface area contributed by atoms with Crippen molar-refractivity contribution < 1.29 is 18.1 Å². The number of nitro groups is 1. The number of hydrogen-bond acceptors (Lipinski definition) is 6. The zero-order valence-corrected chi connectivity index (χ0v) is 13.4. The van der Waals surface area contributed by atoms with Gasteiger partial charge in [-0.25, -0.2) is 8.42 Å². The number of ether oxygens (including phenoxy) is 1. The van der Waals surface area contributed by atoms with Gasteiger partial charge in [0.1, 0.15) is 0 Å². The third-order valence-corrected chi connectivity index (χ3v) is 6.16. The van der Waals surface area contributed by atoms with E-state index < -0.39 is 14.9 Å². The topological polar surface area (TPSA) is 102 Å². The highest BCUT2D eigenvalue weighted by molar-refractivity contribution is 7.89. The SMILES string of the molecule is O=[N+]([O-])c1ccccc1S(=O)(=O)N1CCC(OC2CNC2)CC1. The summed E-state index contributed by atoms with van der Waals surface area (Å²) in [6, 6.07) is 5.46. The lowest BCUT2D eigenvalue weighted by atomic mass is 10.1. The highest BCUT2D eigenvalue weighted by Crippen LogP contribution is 2.28. The van der Waals surface area contributed by atoms with Crippen molar-refractivity contribution in [2.45, 2.75) is 29.9 Å². The summed E-state index contributed by atoms with van der Waals surface area (Å²) in [5, 5.41) is 14.2. The Hall–Kier alpha value is -1.55. The van der Waals surface area contributed by atoms with Crippen LogP contribution in [0.25, 0.3) is 0 Å². The van der Waals surface area contributed by atoms with Crippen molar-refractivity contribution in [1.29, 1.82) is 0 Å². The molecule has 0 aromatic heterocycles.